The van der Waals surface area contributed by atoms with Crippen LogP contribution in [-0.2, 0) is 6.18 Å². The molecule has 116 valence electrons. The molecule has 5 nitrogen and oxygen atoms in total. The molecule has 0 aliphatic carbocycles. The van der Waals surface area contributed by atoms with Crippen LogP contribution in [0.3, 0.4) is 0 Å². The van der Waals surface area contributed by atoms with E-state index in [0.29, 0.717) is 11.3 Å². The molecule has 0 saturated heterocycles. The highest BCUT2D eigenvalue weighted by Gasteiger charge is 2.30. The molecule has 0 aliphatic rings. The third kappa shape index (κ3) is 3.42. The van der Waals surface area contributed by atoms with E-state index in [2.05, 4.69) is 4.99 Å². The van der Waals surface area contributed by atoms with Crippen molar-refractivity contribution in [3.05, 3.63) is 55.4 Å². The van der Waals surface area contributed by atoms with Crippen LogP contribution in [-0.4, -0.2) is 15.8 Å². The van der Waals surface area contributed by atoms with E-state index in [9.17, 15) is 27.9 Å². The largest absolute Gasteiger partial charge is 0.499 e. The lowest BCUT2D eigenvalue weighted by molar-refractivity contribution is -0.137. The van der Waals surface area contributed by atoms with Crippen molar-refractivity contribution in [2.45, 2.75) is 13.1 Å². The van der Waals surface area contributed by atoms with Crippen molar-refractivity contribution in [3.8, 4) is 5.06 Å². The average molecular weight is 330 g/mol. The van der Waals surface area contributed by atoms with E-state index in [4.69, 9.17) is 0 Å². The molecule has 9 heteroatoms. The molecule has 2 aromatic rings. The second kappa shape index (κ2) is 5.76. The first-order valence-corrected chi connectivity index (χ1v) is 6.69. The highest BCUT2D eigenvalue weighted by Crippen LogP contribution is 2.31. The second-order valence-electron chi connectivity index (χ2n) is 4.27. The van der Waals surface area contributed by atoms with Gasteiger partial charge in [-0.25, -0.2) is 0 Å². The zero-order chi connectivity index (χ0) is 16.5. The number of hydrogen-bond donors (Lipinski definition) is 2. The monoisotopic (exact) mass is 330 g/mol. The van der Waals surface area contributed by atoms with Gasteiger partial charge in [-0.05, 0) is 36.5 Å². The maximum absolute atomic E-state index is 12.6. The molecule has 0 amide bonds. The number of hydrogen-bond acceptors (Lipinski definition) is 5. The molecule has 2 N–H and O–H groups in total. The topological polar surface area (TPSA) is 82.5 Å². The molecule has 0 saturated carbocycles. The molecule has 0 radical (unpaired) electrons. The Bertz CT molecular complexity index is 853. The summed E-state index contributed by atoms with van der Waals surface area (Å²) in [6, 6.07) is 4.23. The van der Waals surface area contributed by atoms with Crippen molar-refractivity contribution in [2.24, 2.45) is 4.99 Å². The summed E-state index contributed by atoms with van der Waals surface area (Å²) in [6.45, 7) is 1.35. The number of aromatic amines is 1. The van der Waals surface area contributed by atoms with E-state index in [1.165, 1.54) is 19.1 Å². The Morgan fingerprint density at radius 3 is 2.59 bits per heavy atom. The first-order chi connectivity index (χ1) is 10.2. The van der Waals surface area contributed by atoms with Crippen molar-refractivity contribution < 1.29 is 18.3 Å². The summed E-state index contributed by atoms with van der Waals surface area (Å²) in [7, 11) is 0. The number of rotatable bonds is 2. The molecule has 0 atom stereocenters. The Kier molecular flexibility index (Phi) is 4.18. The fourth-order valence-corrected chi connectivity index (χ4v) is 2.40. The summed E-state index contributed by atoms with van der Waals surface area (Å²) in [6.07, 6.45) is -4.51. The zero-order valence-corrected chi connectivity index (χ0v) is 11.9. The molecule has 1 aromatic carbocycles. The van der Waals surface area contributed by atoms with Crippen LogP contribution >= 0.6 is 11.3 Å². The Labute approximate surface area is 125 Å². The SMILES string of the molecule is CC(=Nc1cccc(C(F)(F)F)c1)c1c(O)sc(=O)[nH]c1=O. The quantitative estimate of drug-likeness (QED) is 0.831. The molecule has 1 aromatic heterocycles. The van der Waals surface area contributed by atoms with Gasteiger partial charge >= 0.3 is 11.0 Å². The maximum atomic E-state index is 12.6. The molecule has 0 fully saturated rings. The summed E-state index contributed by atoms with van der Waals surface area (Å²) in [4.78, 5) is 27.8. The lowest BCUT2D eigenvalue weighted by atomic mass is 10.2. The standard InChI is InChI=1S/C13H9F3N2O3S/c1-6(9-10(19)18-12(21)22-11(9)20)17-8-4-2-3-7(5-8)13(14,15)16/h2-5,20H,1H3,(H,18,19,21). The lowest BCUT2D eigenvalue weighted by Gasteiger charge is -2.07. The van der Waals surface area contributed by atoms with Crippen molar-refractivity contribution >= 4 is 22.7 Å². The Hall–Kier alpha value is -2.42. The molecule has 0 bridgehead atoms. The normalized spacial score (nSPS) is 12.5. The number of nitrogens with zero attached hydrogens (tertiary/aromatic N) is 1. The molecule has 0 spiro atoms. The van der Waals surface area contributed by atoms with Crippen LogP contribution in [0.25, 0.3) is 0 Å². The fourth-order valence-electron chi connectivity index (χ4n) is 1.74. The minimum absolute atomic E-state index is 0.00526. The van der Waals surface area contributed by atoms with E-state index >= 15 is 0 Å². The first kappa shape index (κ1) is 16.0. The minimum atomic E-state index is -4.51. The Balaban J connectivity index is 2.51. The van der Waals surface area contributed by atoms with Gasteiger partial charge in [-0.3, -0.25) is 19.6 Å². The van der Waals surface area contributed by atoms with E-state index in [-0.39, 0.29) is 17.0 Å². The Morgan fingerprint density at radius 2 is 2.00 bits per heavy atom. The summed E-state index contributed by atoms with van der Waals surface area (Å²) >= 11 is 0.403. The summed E-state index contributed by atoms with van der Waals surface area (Å²) in [5, 5.41) is 9.10. The molecule has 1 heterocycles. The van der Waals surface area contributed by atoms with E-state index in [1.807, 2.05) is 4.98 Å². The van der Waals surface area contributed by atoms with E-state index < -0.39 is 27.2 Å². The smallest absolute Gasteiger partial charge is 0.416 e. The summed E-state index contributed by atoms with van der Waals surface area (Å²) in [5.74, 6) is 0. The van der Waals surface area contributed by atoms with Gasteiger partial charge in [0.05, 0.1) is 17.0 Å². The van der Waals surface area contributed by atoms with Crippen molar-refractivity contribution in [1.29, 1.82) is 0 Å². The highest BCUT2D eigenvalue weighted by molar-refractivity contribution is 7.11. The van der Waals surface area contributed by atoms with Crippen LogP contribution in [0.1, 0.15) is 18.1 Å². The first-order valence-electron chi connectivity index (χ1n) is 5.88. The zero-order valence-electron chi connectivity index (χ0n) is 11.1. The highest BCUT2D eigenvalue weighted by atomic mass is 32.1. The van der Waals surface area contributed by atoms with Gasteiger partial charge in [0, 0.05) is 0 Å². The molecular weight excluding hydrogens is 321 g/mol. The van der Waals surface area contributed by atoms with Crippen molar-refractivity contribution in [3.63, 3.8) is 0 Å². The van der Waals surface area contributed by atoms with Crippen molar-refractivity contribution in [1.82, 2.24) is 4.98 Å². The van der Waals surface area contributed by atoms with Crippen LogP contribution in [0.15, 0.2) is 38.8 Å². The third-order valence-electron chi connectivity index (χ3n) is 2.68. The van der Waals surface area contributed by atoms with Gasteiger partial charge < -0.3 is 5.11 Å². The van der Waals surface area contributed by atoms with Crippen LogP contribution < -0.4 is 10.4 Å². The predicted octanol–water partition coefficient (Wildman–Crippen LogP) is 2.66. The number of benzene rings is 1. The number of aliphatic imine (C=N–C) groups is 1. The summed E-state index contributed by atoms with van der Waals surface area (Å²) in [5.41, 5.74) is -2.01. The minimum Gasteiger partial charge on any atom is -0.499 e. The third-order valence-corrected chi connectivity index (χ3v) is 3.36. The van der Waals surface area contributed by atoms with Crippen LogP contribution in [0.2, 0.25) is 0 Å². The van der Waals surface area contributed by atoms with Gasteiger partial charge in [-0.15, -0.1) is 0 Å². The number of nitrogens with one attached hydrogen (secondary N) is 1. The van der Waals surface area contributed by atoms with Gasteiger partial charge in [0.15, 0.2) is 5.06 Å². The van der Waals surface area contributed by atoms with Crippen molar-refractivity contribution in [2.75, 3.05) is 0 Å². The van der Waals surface area contributed by atoms with Gasteiger partial charge in [0.2, 0.25) is 0 Å². The number of alkyl halides is 3. The number of halogens is 3. The van der Waals surface area contributed by atoms with Gasteiger partial charge in [0.1, 0.15) is 5.56 Å². The average Bonchev–Trinajstić information content (AvgIpc) is 2.36. The van der Waals surface area contributed by atoms with Crippen LogP contribution in [0, 0.1) is 0 Å². The maximum Gasteiger partial charge on any atom is 0.416 e. The predicted molar refractivity (Wildman–Crippen MR) is 76.2 cm³/mol. The molecule has 0 unspecified atom stereocenters. The molecular formula is C13H9F3N2O3S. The van der Waals surface area contributed by atoms with Crippen LogP contribution in [0.5, 0.6) is 5.06 Å². The fraction of sp³-hybridized carbons (Fsp3) is 0.154. The van der Waals surface area contributed by atoms with E-state index in [0.717, 1.165) is 12.1 Å². The van der Waals surface area contributed by atoms with Crippen LogP contribution in [0.4, 0.5) is 18.9 Å². The molecule has 22 heavy (non-hydrogen) atoms. The van der Waals surface area contributed by atoms with Gasteiger partial charge in [0.25, 0.3) is 5.56 Å². The molecule has 2 rings (SSSR count). The Morgan fingerprint density at radius 1 is 1.32 bits per heavy atom. The second-order valence-corrected chi connectivity index (χ2v) is 5.23. The van der Waals surface area contributed by atoms with Gasteiger partial charge in [-0.1, -0.05) is 6.07 Å². The van der Waals surface area contributed by atoms with Gasteiger partial charge in [-0.2, -0.15) is 13.2 Å². The lowest BCUT2D eigenvalue weighted by Crippen LogP contribution is -2.22. The van der Waals surface area contributed by atoms with E-state index in [1.54, 1.807) is 0 Å². The number of aromatic hydroxyl groups is 1. The number of H-pyrrole nitrogens is 1. The summed E-state index contributed by atoms with van der Waals surface area (Å²) < 4.78 is 37.9. The molecule has 0 aliphatic heterocycles. The number of aromatic nitrogens is 1.